The first-order valence-electron chi connectivity index (χ1n) is 5.48. The fraction of sp³-hybridized carbons (Fsp3) is 0. The van der Waals surface area contributed by atoms with Gasteiger partial charge in [-0.2, -0.15) is 8.42 Å². The third-order valence-corrected chi connectivity index (χ3v) is 5.55. The molecular weight excluding hydrogens is 320 g/mol. The van der Waals surface area contributed by atoms with Gasteiger partial charge >= 0.3 is 0 Å². The normalized spacial score (nSPS) is 12.2. The second kappa shape index (κ2) is 5.02. The molecule has 9 heteroatoms. The Labute approximate surface area is 120 Å². The number of aromatic hydroxyl groups is 2. The molecule has 0 aliphatic heterocycles. The minimum absolute atomic E-state index is 0.222. The predicted octanol–water partition coefficient (Wildman–Crippen LogP) is 1.18. The summed E-state index contributed by atoms with van der Waals surface area (Å²) < 4.78 is 56.6. The zero-order chi connectivity index (χ0) is 15.8. The Kier molecular flexibility index (Phi) is 3.66. The lowest BCUT2D eigenvalue weighted by Gasteiger charge is -2.11. The maximum atomic E-state index is 12.4. The average molecular weight is 330 g/mol. The standard InChI is InChI=1S/C12H10O7S2/c13-9-6-7-10(12(11(9)14)21(17,18)19)20(15,16)8-4-2-1-3-5-8/h1-7,13-14H,(H,17,18,19). The van der Waals surface area contributed by atoms with Gasteiger partial charge in [-0.1, -0.05) is 18.2 Å². The highest BCUT2D eigenvalue weighted by Gasteiger charge is 2.31. The average Bonchev–Trinajstić information content (AvgIpc) is 2.41. The Morgan fingerprint density at radius 1 is 0.810 bits per heavy atom. The molecule has 7 nitrogen and oxygen atoms in total. The molecule has 21 heavy (non-hydrogen) atoms. The first kappa shape index (κ1) is 15.3. The van der Waals surface area contributed by atoms with Gasteiger partial charge in [0.05, 0.1) is 9.79 Å². The Morgan fingerprint density at radius 3 is 1.90 bits per heavy atom. The van der Waals surface area contributed by atoms with E-state index in [4.69, 9.17) is 4.55 Å². The van der Waals surface area contributed by atoms with E-state index in [2.05, 4.69) is 0 Å². The zero-order valence-corrected chi connectivity index (χ0v) is 12.0. The first-order valence-corrected chi connectivity index (χ1v) is 8.40. The van der Waals surface area contributed by atoms with E-state index in [1.807, 2.05) is 0 Å². The SMILES string of the molecule is O=S(=O)(O)c1c(S(=O)(=O)c2ccccc2)ccc(O)c1O. The smallest absolute Gasteiger partial charge is 0.299 e. The van der Waals surface area contributed by atoms with Crippen molar-refractivity contribution in [1.29, 1.82) is 0 Å². The Balaban J connectivity index is 2.86. The maximum Gasteiger partial charge on any atom is 0.299 e. The number of hydrogen-bond donors (Lipinski definition) is 3. The largest absolute Gasteiger partial charge is 0.504 e. The van der Waals surface area contributed by atoms with Crippen LogP contribution < -0.4 is 0 Å². The van der Waals surface area contributed by atoms with Gasteiger partial charge in [0.15, 0.2) is 16.4 Å². The van der Waals surface area contributed by atoms with E-state index in [1.54, 1.807) is 6.07 Å². The fourth-order valence-corrected chi connectivity index (χ4v) is 4.40. The van der Waals surface area contributed by atoms with Crippen molar-refractivity contribution < 1.29 is 31.6 Å². The van der Waals surface area contributed by atoms with Gasteiger partial charge in [-0.15, -0.1) is 0 Å². The zero-order valence-electron chi connectivity index (χ0n) is 10.3. The Bertz CT molecular complexity index is 885. The van der Waals surface area contributed by atoms with Crippen LogP contribution in [-0.4, -0.2) is 31.6 Å². The molecule has 0 atom stereocenters. The number of rotatable bonds is 3. The van der Waals surface area contributed by atoms with Gasteiger partial charge in [0.25, 0.3) is 10.1 Å². The van der Waals surface area contributed by atoms with Crippen LogP contribution in [0, 0.1) is 0 Å². The van der Waals surface area contributed by atoms with Gasteiger partial charge in [0, 0.05) is 0 Å². The molecule has 2 rings (SSSR count). The van der Waals surface area contributed by atoms with Crippen molar-refractivity contribution in [1.82, 2.24) is 0 Å². The van der Waals surface area contributed by atoms with E-state index in [0.717, 1.165) is 12.1 Å². The summed E-state index contributed by atoms with van der Waals surface area (Å²) in [6, 6.07) is 8.50. The quantitative estimate of drug-likeness (QED) is 0.569. The molecule has 0 bridgehead atoms. The summed E-state index contributed by atoms with van der Waals surface area (Å²) in [7, 11) is -9.37. The van der Waals surface area contributed by atoms with Crippen molar-refractivity contribution in [3.05, 3.63) is 42.5 Å². The summed E-state index contributed by atoms with van der Waals surface area (Å²) in [5.74, 6) is -2.09. The molecule has 0 fully saturated rings. The van der Waals surface area contributed by atoms with Gasteiger partial charge < -0.3 is 10.2 Å². The fourth-order valence-electron chi connectivity index (χ4n) is 1.73. The van der Waals surface area contributed by atoms with Crippen LogP contribution in [0.5, 0.6) is 11.5 Å². The Morgan fingerprint density at radius 2 is 1.38 bits per heavy atom. The number of sulfone groups is 1. The van der Waals surface area contributed by atoms with Crippen molar-refractivity contribution in [3.63, 3.8) is 0 Å². The van der Waals surface area contributed by atoms with Crippen LogP contribution in [0.3, 0.4) is 0 Å². The summed E-state index contributed by atoms with van der Waals surface area (Å²) in [6.45, 7) is 0. The van der Waals surface area contributed by atoms with Crippen molar-refractivity contribution in [2.45, 2.75) is 14.7 Å². The summed E-state index contributed by atoms with van der Waals surface area (Å²) in [4.78, 5) is -2.31. The van der Waals surface area contributed by atoms with E-state index in [1.165, 1.54) is 24.3 Å². The molecule has 0 aromatic heterocycles. The van der Waals surface area contributed by atoms with Gasteiger partial charge in [0.2, 0.25) is 9.84 Å². The molecule has 0 saturated carbocycles. The molecule has 0 radical (unpaired) electrons. The van der Waals surface area contributed by atoms with E-state index in [0.29, 0.717) is 0 Å². The molecule has 0 heterocycles. The molecule has 0 amide bonds. The van der Waals surface area contributed by atoms with Gasteiger partial charge in [0.1, 0.15) is 0 Å². The Hall–Kier alpha value is -2.10. The van der Waals surface area contributed by atoms with Crippen LogP contribution in [0.2, 0.25) is 0 Å². The molecule has 0 saturated heterocycles. The van der Waals surface area contributed by atoms with E-state index in [-0.39, 0.29) is 4.90 Å². The van der Waals surface area contributed by atoms with Crippen LogP contribution in [-0.2, 0) is 20.0 Å². The minimum atomic E-state index is -5.07. The lowest BCUT2D eigenvalue weighted by Crippen LogP contribution is -2.10. The van der Waals surface area contributed by atoms with Crippen LogP contribution in [0.25, 0.3) is 0 Å². The highest BCUT2D eigenvalue weighted by atomic mass is 32.2. The molecule has 2 aromatic rings. The molecule has 0 spiro atoms. The summed E-state index contributed by atoms with van der Waals surface area (Å²) in [5.41, 5.74) is 0. The van der Waals surface area contributed by atoms with Crippen molar-refractivity contribution >= 4 is 20.0 Å². The lowest BCUT2D eigenvalue weighted by molar-refractivity contribution is 0.385. The molecule has 3 N–H and O–H groups in total. The van der Waals surface area contributed by atoms with Gasteiger partial charge in [-0.3, -0.25) is 4.55 Å². The molecule has 0 aliphatic carbocycles. The van der Waals surface area contributed by atoms with E-state index < -0.39 is 41.2 Å². The summed E-state index contributed by atoms with van der Waals surface area (Å²) >= 11 is 0. The number of phenols is 2. The number of hydrogen-bond acceptors (Lipinski definition) is 6. The molecule has 2 aromatic carbocycles. The molecule has 0 unspecified atom stereocenters. The van der Waals surface area contributed by atoms with Crippen molar-refractivity contribution in [2.24, 2.45) is 0 Å². The van der Waals surface area contributed by atoms with Crippen LogP contribution in [0.4, 0.5) is 0 Å². The number of benzene rings is 2. The monoisotopic (exact) mass is 330 g/mol. The predicted molar refractivity (Wildman–Crippen MR) is 71.5 cm³/mol. The second-order valence-corrected chi connectivity index (χ2v) is 7.33. The lowest BCUT2D eigenvalue weighted by atomic mass is 10.3. The molecule has 0 aliphatic rings. The third kappa shape index (κ3) is 2.71. The van der Waals surface area contributed by atoms with Crippen LogP contribution >= 0.6 is 0 Å². The minimum Gasteiger partial charge on any atom is -0.504 e. The summed E-state index contributed by atoms with van der Waals surface area (Å²) in [6.07, 6.45) is 0. The van der Waals surface area contributed by atoms with Gasteiger partial charge in [-0.05, 0) is 24.3 Å². The van der Waals surface area contributed by atoms with Crippen molar-refractivity contribution in [2.75, 3.05) is 0 Å². The first-order chi connectivity index (χ1) is 9.65. The molecule has 112 valence electrons. The topological polar surface area (TPSA) is 129 Å². The van der Waals surface area contributed by atoms with Crippen LogP contribution in [0.15, 0.2) is 57.2 Å². The second-order valence-electron chi connectivity index (χ2n) is 4.05. The third-order valence-electron chi connectivity index (χ3n) is 2.68. The summed E-state index contributed by atoms with van der Waals surface area (Å²) in [5, 5.41) is 18.9. The molecular formula is C12H10O7S2. The van der Waals surface area contributed by atoms with Crippen LogP contribution in [0.1, 0.15) is 0 Å². The number of phenolic OH excluding ortho intramolecular Hbond substituents is 2. The highest BCUT2D eigenvalue weighted by Crippen LogP contribution is 2.38. The maximum absolute atomic E-state index is 12.4. The van der Waals surface area contributed by atoms with Gasteiger partial charge in [-0.25, -0.2) is 8.42 Å². The van der Waals surface area contributed by atoms with E-state index in [9.17, 15) is 27.0 Å². The highest BCUT2D eigenvalue weighted by molar-refractivity contribution is 7.93. The van der Waals surface area contributed by atoms with E-state index >= 15 is 0 Å². The van der Waals surface area contributed by atoms with Crippen molar-refractivity contribution in [3.8, 4) is 11.5 Å².